The van der Waals surface area contributed by atoms with Crippen LogP contribution in [0.3, 0.4) is 0 Å². The summed E-state index contributed by atoms with van der Waals surface area (Å²) in [5.41, 5.74) is 3.62. The lowest BCUT2D eigenvalue weighted by Crippen LogP contribution is -2.41. The Morgan fingerprint density at radius 1 is 1.34 bits per heavy atom. The molecule has 2 unspecified atom stereocenters. The van der Waals surface area contributed by atoms with Gasteiger partial charge in [0.05, 0.1) is 19.3 Å². The number of hydrogen-bond acceptors (Lipinski definition) is 6. The van der Waals surface area contributed by atoms with Crippen molar-refractivity contribution in [3.05, 3.63) is 70.6 Å². The van der Waals surface area contributed by atoms with Crippen molar-refractivity contribution in [3.63, 3.8) is 0 Å². The summed E-state index contributed by atoms with van der Waals surface area (Å²) in [4.78, 5) is 29.4. The number of aromatic nitrogens is 1. The molecule has 38 heavy (non-hydrogen) atoms. The third-order valence-corrected chi connectivity index (χ3v) is 6.45. The molecule has 1 aliphatic rings. The van der Waals surface area contributed by atoms with Crippen molar-refractivity contribution in [1.82, 2.24) is 15.2 Å². The molecule has 1 aromatic carbocycles. The highest BCUT2D eigenvalue weighted by molar-refractivity contribution is 6.31. The van der Waals surface area contributed by atoms with Gasteiger partial charge < -0.3 is 29.6 Å². The molecule has 3 N–H and O–H groups in total. The molecule has 0 fully saturated rings. The molecule has 2 amide bonds. The van der Waals surface area contributed by atoms with Gasteiger partial charge in [0.25, 0.3) is 0 Å². The summed E-state index contributed by atoms with van der Waals surface area (Å²) in [5, 5.41) is 14.4. The fourth-order valence-corrected chi connectivity index (χ4v) is 4.56. The Morgan fingerprint density at radius 3 is 2.84 bits per heavy atom. The minimum absolute atomic E-state index is 0.0526. The third-order valence-electron chi connectivity index (χ3n) is 6.22. The number of nitrogens with one attached hydrogen (secondary N) is 2. The number of amides is 2. The summed E-state index contributed by atoms with van der Waals surface area (Å²) in [6.45, 7) is 8.97. The minimum Gasteiger partial charge on any atom is -0.494 e. The van der Waals surface area contributed by atoms with Crippen LogP contribution in [0, 0.1) is 0 Å². The van der Waals surface area contributed by atoms with Crippen molar-refractivity contribution in [2.75, 3.05) is 40.0 Å². The van der Waals surface area contributed by atoms with Gasteiger partial charge in [0, 0.05) is 48.2 Å². The summed E-state index contributed by atoms with van der Waals surface area (Å²) in [6, 6.07) is 5.25. The Morgan fingerprint density at radius 2 is 2.13 bits per heavy atom. The predicted octanol–water partition coefficient (Wildman–Crippen LogP) is 4.42. The zero-order valence-corrected chi connectivity index (χ0v) is 22.8. The normalized spacial score (nSPS) is 16.4. The molecule has 0 saturated carbocycles. The van der Waals surface area contributed by atoms with E-state index in [-0.39, 0.29) is 32.3 Å². The fourth-order valence-electron chi connectivity index (χ4n) is 4.39. The van der Waals surface area contributed by atoms with Crippen LogP contribution < -0.4 is 5.32 Å². The average molecular weight is 546 g/mol. The van der Waals surface area contributed by atoms with Crippen LogP contribution in [0.5, 0.6) is 0 Å². The summed E-state index contributed by atoms with van der Waals surface area (Å²) in [5.74, 6) is 0.299. The molecular formula is C28H36ClN3O6. The Kier molecular flexibility index (Phi) is 10.8. The van der Waals surface area contributed by atoms with Gasteiger partial charge in [-0.15, -0.1) is 0 Å². The highest BCUT2D eigenvalue weighted by Gasteiger charge is 2.35. The van der Waals surface area contributed by atoms with Crippen LogP contribution >= 0.6 is 11.6 Å². The lowest BCUT2D eigenvalue weighted by atomic mass is 9.93. The maximum absolute atomic E-state index is 12.8. The fraction of sp³-hybridized carbons (Fsp3) is 0.429. The molecule has 1 aromatic heterocycles. The lowest BCUT2D eigenvalue weighted by molar-refractivity contribution is -0.125. The number of hydrogen-bond donors (Lipinski definition) is 3. The largest absolute Gasteiger partial charge is 0.494 e. The average Bonchev–Trinajstić information content (AvgIpc) is 3.26. The van der Waals surface area contributed by atoms with Crippen LogP contribution in [0.4, 0.5) is 4.79 Å². The number of carbonyl (C=O) groups excluding carboxylic acids is 2. The first kappa shape index (κ1) is 29.3. The van der Waals surface area contributed by atoms with Gasteiger partial charge in [-0.25, -0.2) is 4.79 Å². The van der Waals surface area contributed by atoms with Gasteiger partial charge in [-0.05, 0) is 61.8 Å². The standard InChI is InChI=1S/C28H36ClN3O6/c1-5-21(38-14-12-20(33)16-30-25(34)17-36-4)9-7-18(3)27-26-22(11-13-32(27)28(35)37-6-2)23-15-19(29)8-10-24(23)31-26/h5,7-10,15,20,27,31,33H,3,6,11-14,16-17H2,1-2,4H3,(H,30,34). The number of ether oxygens (including phenoxy) is 3. The number of fused-ring (bicyclic) bond motifs is 3. The zero-order chi connectivity index (χ0) is 27.7. The quantitative estimate of drug-likeness (QED) is 0.269. The maximum Gasteiger partial charge on any atom is 0.410 e. The molecule has 2 aromatic rings. The second kappa shape index (κ2) is 14.0. The number of aromatic amines is 1. The van der Waals surface area contributed by atoms with Crippen molar-refractivity contribution in [2.24, 2.45) is 0 Å². The summed E-state index contributed by atoms with van der Waals surface area (Å²) in [7, 11) is 1.43. The minimum atomic E-state index is -0.748. The maximum atomic E-state index is 12.8. The van der Waals surface area contributed by atoms with Crippen molar-refractivity contribution >= 4 is 34.5 Å². The van der Waals surface area contributed by atoms with Gasteiger partial charge in [0.15, 0.2) is 0 Å². The molecule has 0 saturated heterocycles. The molecule has 206 valence electrons. The number of carbonyl (C=O) groups is 2. The van der Waals surface area contributed by atoms with Crippen LogP contribution in [0.15, 0.2) is 54.3 Å². The van der Waals surface area contributed by atoms with E-state index in [1.54, 1.807) is 24.0 Å². The predicted molar refractivity (Wildman–Crippen MR) is 147 cm³/mol. The van der Waals surface area contributed by atoms with E-state index in [0.717, 1.165) is 22.2 Å². The van der Waals surface area contributed by atoms with Gasteiger partial charge in [-0.1, -0.05) is 24.3 Å². The second-order valence-electron chi connectivity index (χ2n) is 8.88. The van der Waals surface area contributed by atoms with Crippen LogP contribution in [0.25, 0.3) is 10.9 Å². The van der Waals surface area contributed by atoms with Crippen LogP contribution in [-0.4, -0.2) is 73.1 Å². The van der Waals surface area contributed by atoms with Gasteiger partial charge in [-0.3, -0.25) is 9.69 Å². The molecule has 9 nitrogen and oxygen atoms in total. The highest BCUT2D eigenvalue weighted by Crippen LogP contribution is 2.39. The summed E-state index contributed by atoms with van der Waals surface area (Å²) >= 11 is 6.26. The number of allylic oxidation sites excluding steroid dienone is 2. The lowest BCUT2D eigenvalue weighted by Gasteiger charge is -2.35. The molecule has 0 spiro atoms. The zero-order valence-electron chi connectivity index (χ0n) is 22.1. The number of H-pyrrole nitrogens is 1. The first-order chi connectivity index (χ1) is 18.3. The van der Waals surface area contributed by atoms with Crippen LogP contribution in [-0.2, 0) is 25.4 Å². The van der Waals surface area contributed by atoms with Crippen molar-refractivity contribution in [2.45, 2.75) is 38.8 Å². The number of aliphatic hydroxyl groups is 1. The number of rotatable bonds is 12. The number of methoxy groups -OCH3 is 1. The molecular weight excluding hydrogens is 510 g/mol. The van der Waals surface area contributed by atoms with Crippen molar-refractivity contribution in [1.29, 1.82) is 0 Å². The molecule has 1 aliphatic heterocycles. The van der Waals surface area contributed by atoms with Crippen molar-refractivity contribution in [3.8, 4) is 0 Å². The van der Waals surface area contributed by atoms with Crippen LogP contribution in [0.1, 0.15) is 37.6 Å². The smallest absolute Gasteiger partial charge is 0.410 e. The molecule has 3 rings (SSSR count). The Labute approximate surface area is 228 Å². The van der Waals surface area contributed by atoms with Crippen molar-refractivity contribution < 1.29 is 28.9 Å². The first-order valence-corrected chi connectivity index (χ1v) is 13.0. The number of halogens is 1. The van der Waals surface area contributed by atoms with Gasteiger partial charge in [-0.2, -0.15) is 0 Å². The highest BCUT2D eigenvalue weighted by atomic mass is 35.5. The SMILES string of the molecule is C=C(C=CC(=CC)OCCC(O)CNC(=O)COC)C1c2[nH]c3ccc(Cl)cc3c2CCN1C(=O)OCC. The van der Waals surface area contributed by atoms with E-state index in [4.69, 9.17) is 25.8 Å². The van der Waals surface area contributed by atoms with Crippen LogP contribution in [0.2, 0.25) is 5.02 Å². The Bertz CT molecular complexity index is 1200. The summed E-state index contributed by atoms with van der Waals surface area (Å²) in [6.07, 6.45) is 5.26. The van der Waals surface area contributed by atoms with Gasteiger partial charge in [0.1, 0.15) is 18.4 Å². The molecule has 10 heteroatoms. The van der Waals surface area contributed by atoms with Gasteiger partial charge in [0.2, 0.25) is 5.91 Å². The number of benzene rings is 1. The monoisotopic (exact) mass is 545 g/mol. The molecule has 2 heterocycles. The third kappa shape index (κ3) is 7.40. The van der Waals surface area contributed by atoms with E-state index in [0.29, 0.717) is 35.7 Å². The van der Waals surface area contributed by atoms with E-state index < -0.39 is 18.2 Å². The molecule has 2 atom stereocenters. The van der Waals surface area contributed by atoms with E-state index >= 15 is 0 Å². The second-order valence-corrected chi connectivity index (χ2v) is 9.32. The molecule has 0 bridgehead atoms. The molecule has 0 aliphatic carbocycles. The topological polar surface area (TPSA) is 113 Å². The molecule has 0 radical (unpaired) electrons. The van der Waals surface area contributed by atoms with E-state index in [1.165, 1.54) is 7.11 Å². The number of aliphatic hydroxyl groups excluding tert-OH is 1. The Balaban J connectivity index is 1.70. The summed E-state index contributed by atoms with van der Waals surface area (Å²) < 4.78 is 15.9. The van der Waals surface area contributed by atoms with Gasteiger partial charge >= 0.3 is 6.09 Å². The van der Waals surface area contributed by atoms with E-state index in [1.807, 2.05) is 31.2 Å². The first-order valence-electron chi connectivity index (χ1n) is 12.6. The van der Waals surface area contributed by atoms with E-state index in [9.17, 15) is 14.7 Å². The Hall–Kier alpha value is -3.27. The van der Waals surface area contributed by atoms with E-state index in [2.05, 4.69) is 16.9 Å². The number of nitrogens with zero attached hydrogens (tertiary/aromatic N) is 1.